The maximum atomic E-state index is 13.9. The monoisotopic (exact) mass is 370 g/mol. The molecule has 2 nitrogen and oxygen atoms in total. The molecular weight excluding hydrogens is 358 g/mol. The van der Waals surface area contributed by atoms with Gasteiger partial charge in [-0.15, -0.1) is 0 Å². The minimum Gasteiger partial charge on any atom is -0.366 e. The van der Waals surface area contributed by atoms with Crippen molar-refractivity contribution < 1.29 is 26.3 Å². The van der Waals surface area contributed by atoms with Crippen molar-refractivity contribution in [3.05, 3.63) is 58.7 Å². The lowest BCUT2D eigenvalue weighted by atomic mass is 9.78. The SMILES string of the molecule is CN1c2ccccc2C2C(C(F)(F)F)=c3ccncc3=C(C(F)(F)F)C21. The number of benzene rings is 1. The Balaban J connectivity index is 2.21. The van der Waals surface area contributed by atoms with E-state index < -0.39 is 45.9 Å². The third kappa shape index (κ3) is 2.24. The highest BCUT2D eigenvalue weighted by Gasteiger charge is 2.55. The van der Waals surface area contributed by atoms with Gasteiger partial charge in [0, 0.05) is 36.3 Å². The average Bonchev–Trinajstić information content (AvgIpc) is 2.84. The van der Waals surface area contributed by atoms with Crippen LogP contribution >= 0.6 is 0 Å². The van der Waals surface area contributed by atoms with Gasteiger partial charge in [-0.05, 0) is 22.9 Å². The van der Waals surface area contributed by atoms with Gasteiger partial charge in [0.05, 0.1) is 17.2 Å². The zero-order valence-corrected chi connectivity index (χ0v) is 13.4. The summed E-state index contributed by atoms with van der Waals surface area (Å²) in [6.45, 7) is 0. The van der Waals surface area contributed by atoms with E-state index in [4.69, 9.17) is 0 Å². The molecule has 4 rings (SSSR count). The molecule has 8 heteroatoms. The average molecular weight is 370 g/mol. The van der Waals surface area contributed by atoms with Gasteiger partial charge in [0.25, 0.3) is 0 Å². The highest BCUT2D eigenvalue weighted by atomic mass is 19.4. The Kier molecular flexibility index (Phi) is 3.42. The van der Waals surface area contributed by atoms with Crippen LogP contribution in [0.2, 0.25) is 0 Å². The van der Waals surface area contributed by atoms with Gasteiger partial charge in [-0.2, -0.15) is 26.3 Å². The topological polar surface area (TPSA) is 16.1 Å². The summed E-state index contributed by atoms with van der Waals surface area (Å²) in [6.07, 6.45) is -7.59. The second-order valence-electron chi connectivity index (χ2n) is 6.34. The van der Waals surface area contributed by atoms with Crippen LogP contribution in [0.1, 0.15) is 11.5 Å². The van der Waals surface area contributed by atoms with Crippen molar-refractivity contribution >= 4 is 16.8 Å². The predicted molar refractivity (Wildman–Crippen MR) is 83.8 cm³/mol. The number of likely N-dealkylation sites (N-methyl/N-ethyl adjacent to an activating group) is 1. The molecule has 0 radical (unpaired) electrons. The molecule has 1 aliphatic carbocycles. The standard InChI is InChI=1S/C18H12F6N2/c1-26-12-5-3-2-4-10(12)13-14(17(19,20)21)9-6-7-25-8-11(9)15(16(13)26)18(22,23)24/h2-8,13,16H,1H3. The summed E-state index contributed by atoms with van der Waals surface area (Å²) < 4.78 is 83.5. The molecule has 1 aliphatic heterocycles. The Morgan fingerprint density at radius 2 is 1.54 bits per heavy atom. The fourth-order valence-electron chi connectivity index (χ4n) is 4.11. The van der Waals surface area contributed by atoms with Crippen LogP contribution in [-0.2, 0) is 0 Å². The number of anilines is 1. The van der Waals surface area contributed by atoms with Gasteiger partial charge in [0.15, 0.2) is 0 Å². The van der Waals surface area contributed by atoms with Crippen molar-refractivity contribution in [2.75, 3.05) is 11.9 Å². The van der Waals surface area contributed by atoms with E-state index in [0.717, 1.165) is 18.5 Å². The number of fused-ring (bicyclic) bond motifs is 4. The van der Waals surface area contributed by atoms with Crippen molar-refractivity contribution in [2.24, 2.45) is 0 Å². The number of halogens is 6. The van der Waals surface area contributed by atoms with Crippen molar-refractivity contribution in [2.45, 2.75) is 24.3 Å². The van der Waals surface area contributed by atoms with Crippen molar-refractivity contribution in [1.82, 2.24) is 4.98 Å². The van der Waals surface area contributed by atoms with E-state index in [1.807, 2.05) is 0 Å². The van der Waals surface area contributed by atoms with E-state index in [2.05, 4.69) is 4.98 Å². The molecule has 0 saturated carbocycles. The van der Waals surface area contributed by atoms with Gasteiger partial charge >= 0.3 is 12.4 Å². The molecule has 2 aliphatic rings. The summed E-state index contributed by atoms with van der Waals surface area (Å²) in [7, 11) is 1.39. The number of pyridine rings is 1. The van der Waals surface area contributed by atoms with E-state index in [1.165, 1.54) is 18.0 Å². The number of para-hydroxylation sites is 1. The van der Waals surface area contributed by atoms with E-state index in [1.54, 1.807) is 18.2 Å². The van der Waals surface area contributed by atoms with Gasteiger partial charge in [-0.1, -0.05) is 18.2 Å². The number of hydrogen-bond acceptors (Lipinski definition) is 2. The van der Waals surface area contributed by atoms with Crippen LogP contribution in [0, 0.1) is 0 Å². The molecular formula is C18H12F6N2. The van der Waals surface area contributed by atoms with Crippen molar-refractivity contribution in [1.29, 1.82) is 0 Å². The number of alkyl halides is 6. The first-order valence-corrected chi connectivity index (χ1v) is 7.77. The summed E-state index contributed by atoms with van der Waals surface area (Å²) in [6, 6.07) is 5.67. The van der Waals surface area contributed by atoms with Gasteiger partial charge in [-0.25, -0.2) is 0 Å². The second kappa shape index (κ2) is 5.25. The zero-order valence-electron chi connectivity index (χ0n) is 13.4. The van der Waals surface area contributed by atoms with Gasteiger partial charge in [0.1, 0.15) is 0 Å². The highest BCUT2D eigenvalue weighted by molar-refractivity contribution is 5.83. The number of nitrogens with zero attached hydrogens (tertiary/aromatic N) is 2. The van der Waals surface area contributed by atoms with Crippen LogP contribution < -0.4 is 15.3 Å². The molecule has 26 heavy (non-hydrogen) atoms. The third-order valence-corrected chi connectivity index (χ3v) is 5.00. The summed E-state index contributed by atoms with van der Waals surface area (Å²) in [5, 5.41) is -0.959. The summed E-state index contributed by atoms with van der Waals surface area (Å²) in [4.78, 5) is 4.93. The Hall–Kier alpha value is -2.51. The summed E-state index contributed by atoms with van der Waals surface area (Å²) >= 11 is 0. The lowest BCUT2D eigenvalue weighted by molar-refractivity contribution is -0.0808. The first kappa shape index (κ1) is 16.9. The number of aromatic nitrogens is 1. The predicted octanol–water partition coefficient (Wildman–Crippen LogP) is 3.12. The molecule has 1 aromatic heterocycles. The Bertz CT molecular complexity index is 1010. The van der Waals surface area contributed by atoms with Crippen LogP contribution in [0.25, 0.3) is 11.1 Å². The Labute approximate surface area is 144 Å². The van der Waals surface area contributed by atoms with Crippen LogP contribution in [0.5, 0.6) is 0 Å². The smallest absolute Gasteiger partial charge is 0.366 e. The summed E-state index contributed by atoms with van der Waals surface area (Å²) in [5.41, 5.74) is -1.33. The molecule has 0 bridgehead atoms. The number of hydrogen-bond donors (Lipinski definition) is 0. The van der Waals surface area contributed by atoms with E-state index in [0.29, 0.717) is 5.69 Å². The first-order chi connectivity index (χ1) is 12.1. The van der Waals surface area contributed by atoms with Crippen LogP contribution in [0.15, 0.2) is 42.7 Å². The largest absolute Gasteiger partial charge is 0.415 e. The minimum absolute atomic E-state index is 0.247. The quantitative estimate of drug-likeness (QED) is 0.663. The molecule has 0 amide bonds. The fourth-order valence-corrected chi connectivity index (χ4v) is 4.11. The van der Waals surface area contributed by atoms with E-state index >= 15 is 0 Å². The molecule has 136 valence electrons. The Morgan fingerprint density at radius 1 is 0.885 bits per heavy atom. The molecule has 2 unspecified atom stereocenters. The normalized spacial score (nSPS) is 22.2. The Morgan fingerprint density at radius 3 is 2.19 bits per heavy atom. The molecule has 0 fully saturated rings. The minimum atomic E-state index is -4.78. The maximum Gasteiger partial charge on any atom is 0.415 e. The van der Waals surface area contributed by atoms with Crippen molar-refractivity contribution in [3.8, 4) is 0 Å². The summed E-state index contributed by atoms with van der Waals surface area (Å²) in [5.74, 6) is -1.44. The number of rotatable bonds is 0. The highest BCUT2D eigenvalue weighted by Crippen LogP contribution is 2.53. The zero-order chi connectivity index (χ0) is 18.9. The van der Waals surface area contributed by atoms with Gasteiger partial charge in [-0.3, -0.25) is 4.98 Å². The lowest BCUT2D eigenvalue weighted by Gasteiger charge is -2.35. The third-order valence-electron chi connectivity index (χ3n) is 5.00. The molecule has 2 heterocycles. The molecule has 2 aromatic rings. The molecule has 2 atom stereocenters. The first-order valence-electron chi connectivity index (χ1n) is 7.77. The van der Waals surface area contributed by atoms with Crippen LogP contribution in [0.3, 0.4) is 0 Å². The second-order valence-corrected chi connectivity index (χ2v) is 6.34. The van der Waals surface area contributed by atoms with Gasteiger partial charge < -0.3 is 4.90 Å². The maximum absolute atomic E-state index is 13.9. The lowest BCUT2D eigenvalue weighted by Crippen LogP contribution is -2.51. The molecule has 0 spiro atoms. The van der Waals surface area contributed by atoms with E-state index in [9.17, 15) is 26.3 Å². The van der Waals surface area contributed by atoms with Crippen LogP contribution in [-0.4, -0.2) is 30.4 Å². The van der Waals surface area contributed by atoms with Crippen molar-refractivity contribution in [3.63, 3.8) is 0 Å². The molecule has 1 aromatic carbocycles. The molecule has 0 N–H and O–H groups in total. The fraction of sp³-hybridized carbons (Fsp3) is 0.278. The van der Waals surface area contributed by atoms with Gasteiger partial charge in [0.2, 0.25) is 0 Å². The van der Waals surface area contributed by atoms with E-state index in [-0.39, 0.29) is 5.56 Å². The van der Waals surface area contributed by atoms with Crippen LogP contribution in [0.4, 0.5) is 32.0 Å². The molecule has 0 saturated heterocycles.